The summed E-state index contributed by atoms with van der Waals surface area (Å²) >= 11 is 1.40. The Balaban J connectivity index is 1.68. The summed E-state index contributed by atoms with van der Waals surface area (Å²) in [6.07, 6.45) is 0. The van der Waals surface area contributed by atoms with Gasteiger partial charge >= 0.3 is 5.97 Å². The maximum atomic E-state index is 13.5. The van der Waals surface area contributed by atoms with E-state index in [1.54, 1.807) is 24.8 Å². The van der Waals surface area contributed by atoms with E-state index < -0.39 is 12.0 Å². The lowest BCUT2D eigenvalue weighted by atomic mass is 9.96. The number of carbonyl (C=O) groups is 1. The Bertz CT molecular complexity index is 1160. The molecule has 7 nitrogen and oxygen atoms in total. The van der Waals surface area contributed by atoms with E-state index in [0.29, 0.717) is 33.9 Å². The summed E-state index contributed by atoms with van der Waals surface area (Å²) in [7, 11) is 1.60. The Morgan fingerprint density at radius 1 is 1.25 bits per heavy atom. The van der Waals surface area contributed by atoms with Gasteiger partial charge in [0.05, 0.1) is 19.3 Å². The number of nitrogens with one attached hydrogen (secondary N) is 1. The number of anilines is 1. The van der Waals surface area contributed by atoms with Gasteiger partial charge in [0.2, 0.25) is 11.1 Å². The van der Waals surface area contributed by atoms with Gasteiger partial charge in [-0.15, -0.1) is 5.10 Å². The van der Waals surface area contributed by atoms with Gasteiger partial charge in [0.1, 0.15) is 17.6 Å². The highest BCUT2D eigenvalue weighted by Gasteiger charge is 2.35. The van der Waals surface area contributed by atoms with Crippen LogP contribution in [-0.4, -0.2) is 34.5 Å². The number of fused-ring (bicyclic) bond motifs is 1. The molecule has 2 heterocycles. The van der Waals surface area contributed by atoms with Gasteiger partial charge in [-0.05, 0) is 49.2 Å². The number of hydrogen-bond donors (Lipinski definition) is 1. The smallest absolute Gasteiger partial charge is 0.338 e. The number of aromatic nitrogens is 3. The third kappa shape index (κ3) is 4.47. The molecule has 1 unspecified atom stereocenters. The largest absolute Gasteiger partial charge is 0.497 e. The molecule has 0 radical (unpaired) electrons. The molecule has 0 saturated carbocycles. The van der Waals surface area contributed by atoms with Gasteiger partial charge in [-0.1, -0.05) is 36.0 Å². The molecule has 0 bridgehead atoms. The van der Waals surface area contributed by atoms with Crippen LogP contribution in [0.25, 0.3) is 0 Å². The van der Waals surface area contributed by atoms with Crippen LogP contribution >= 0.6 is 11.8 Å². The highest BCUT2D eigenvalue weighted by Crippen LogP contribution is 2.37. The molecule has 9 heteroatoms. The Hall–Kier alpha value is -3.33. The average molecular weight is 455 g/mol. The SMILES string of the molecule is CCOC(=O)C1=C(C)Nc2nc(SCc3cccc(F)c3)nn2C1c1ccc(OC)cc1. The summed E-state index contributed by atoms with van der Waals surface area (Å²) in [5.41, 5.74) is 2.81. The predicted molar refractivity (Wildman–Crippen MR) is 120 cm³/mol. The molecular weight excluding hydrogens is 431 g/mol. The van der Waals surface area contributed by atoms with Crippen molar-refractivity contribution in [1.29, 1.82) is 0 Å². The number of rotatable bonds is 7. The van der Waals surface area contributed by atoms with E-state index in [1.165, 1.54) is 23.9 Å². The first-order valence-corrected chi connectivity index (χ1v) is 11.1. The normalized spacial score (nSPS) is 15.2. The topological polar surface area (TPSA) is 78.3 Å². The van der Waals surface area contributed by atoms with Crippen molar-refractivity contribution in [3.63, 3.8) is 0 Å². The first kappa shape index (κ1) is 21.9. The van der Waals surface area contributed by atoms with Crippen LogP contribution in [0.15, 0.2) is 65.0 Å². The molecule has 3 aromatic rings. The van der Waals surface area contributed by atoms with Crippen molar-refractivity contribution < 1.29 is 18.7 Å². The van der Waals surface area contributed by atoms with Gasteiger partial charge in [-0.3, -0.25) is 0 Å². The summed E-state index contributed by atoms with van der Waals surface area (Å²) in [5, 5.41) is 8.35. The molecule has 0 amide bonds. The first-order valence-electron chi connectivity index (χ1n) is 10.1. The van der Waals surface area contributed by atoms with Gasteiger partial charge in [-0.2, -0.15) is 4.98 Å². The number of allylic oxidation sites excluding steroid dienone is 1. The second-order valence-corrected chi connectivity index (χ2v) is 8.08. The number of nitrogens with zero attached hydrogens (tertiary/aromatic N) is 3. The van der Waals surface area contributed by atoms with Crippen molar-refractivity contribution in [2.24, 2.45) is 0 Å². The van der Waals surface area contributed by atoms with Crippen LogP contribution in [0.1, 0.15) is 31.0 Å². The number of thioether (sulfide) groups is 1. The molecule has 166 valence electrons. The highest BCUT2D eigenvalue weighted by atomic mass is 32.2. The zero-order chi connectivity index (χ0) is 22.7. The Labute approximate surface area is 189 Å². The maximum Gasteiger partial charge on any atom is 0.338 e. The molecule has 1 aliphatic rings. The Kier molecular flexibility index (Phi) is 6.45. The lowest BCUT2D eigenvalue weighted by molar-refractivity contribution is -0.139. The number of esters is 1. The monoisotopic (exact) mass is 454 g/mol. The standard InChI is InChI=1S/C23H23FN4O3S/c1-4-31-21(29)19-14(2)25-22-26-23(32-13-15-6-5-7-17(24)12-15)27-28(22)20(19)16-8-10-18(30-3)11-9-16/h5-12,20H,4,13H2,1-3H3,(H,25,26,27). The van der Waals surface area contributed by atoms with Crippen LogP contribution in [0.4, 0.5) is 10.3 Å². The number of halogens is 1. The number of carbonyl (C=O) groups excluding carboxylic acids is 1. The summed E-state index contributed by atoms with van der Waals surface area (Å²) in [6.45, 7) is 3.86. The minimum Gasteiger partial charge on any atom is -0.497 e. The van der Waals surface area contributed by atoms with E-state index in [2.05, 4.69) is 15.4 Å². The number of methoxy groups -OCH3 is 1. The molecule has 0 fully saturated rings. The fraction of sp³-hybridized carbons (Fsp3) is 0.261. The second kappa shape index (κ2) is 9.44. The van der Waals surface area contributed by atoms with Crippen LogP contribution < -0.4 is 10.1 Å². The summed E-state index contributed by atoms with van der Waals surface area (Å²) in [4.78, 5) is 17.4. The van der Waals surface area contributed by atoms with E-state index in [4.69, 9.17) is 9.47 Å². The number of ether oxygens (including phenoxy) is 2. The van der Waals surface area contributed by atoms with Crippen LogP contribution in [0.2, 0.25) is 0 Å². The van der Waals surface area contributed by atoms with E-state index in [0.717, 1.165) is 11.1 Å². The summed E-state index contributed by atoms with van der Waals surface area (Å²) < 4.78 is 25.8. The van der Waals surface area contributed by atoms with E-state index in [1.807, 2.05) is 37.3 Å². The van der Waals surface area contributed by atoms with Crippen molar-refractivity contribution in [1.82, 2.24) is 14.8 Å². The molecule has 2 aromatic carbocycles. The van der Waals surface area contributed by atoms with Crippen molar-refractivity contribution in [3.8, 4) is 5.75 Å². The molecule has 0 spiro atoms. The third-order valence-corrected chi connectivity index (χ3v) is 5.93. The van der Waals surface area contributed by atoms with E-state index >= 15 is 0 Å². The minimum atomic E-state index is -0.507. The first-order chi connectivity index (χ1) is 15.5. The van der Waals surface area contributed by atoms with Crippen LogP contribution in [0.3, 0.4) is 0 Å². The van der Waals surface area contributed by atoms with Crippen LogP contribution in [0.5, 0.6) is 5.75 Å². The van der Waals surface area contributed by atoms with Crippen molar-refractivity contribution in [2.45, 2.75) is 30.8 Å². The second-order valence-electron chi connectivity index (χ2n) is 7.14. The van der Waals surface area contributed by atoms with Gasteiger partial charge in [0.25, 0.3) is 0 Å². The lowest BCUT2D eigenvalue weighted by Crippen LogP contribution is -2.29. The van der Waals surface area contributed by atoms with Gasteiger partial charge in [-0.25, -0.2) is 13.9 Å². The summed E-state index contributed by atoms with van der Waals surface area (Å²) in [6, 6.07) is 13.4. The van der Waals surface area contributed by atoms with Gasteiger partial charge < -0.3 is 14.8 Å². The summed E-state index contributed by atoms with van der Waals surface area (Å²) in [5.74, 6) is 1.07. The van der Waals surface area contributed by atoms with Crippen molar-refractivity contribution in [2.75, 3.05) is 19.0 Å². The molecule has 1 N–H and O–H groups in total. The highest BCUT2D eigenvalue weighted by molar-refractivity contribution is 7.98. The fourth-order valence-electron chi connectivity index (χ4n) is 3.53. The Morgan fingerprint density at radius 3 is 2.72 bits per heavy atom. The van der Waals surface area contributed by atoms with Gasteiger partial charge in [0.15, 0.2) is 0 Å². The number of hydrogen-bond acceptors (Lipinski definition) is 7. The number of benzene rings is 2. The van der Waals surface area contributed by atoms with E-state index in [9.17, 15) is 9.18 Å². The average Bonchev–Trinajstić information content (AvgIpc) is 3.19. The predicted octanol–water partition coefficient (Wildman–Crippen LogP) is 4.57. The zero-order valence-electron chi connectivity index (χ0n) is 18.0. The minimum absolute atomic E-state index is 0.268. The fourth-order valence-corrected chi connectivity index (χ4v) is 4.31. The zero-order valence-corrected chi connectivity index (χ0v) is 18.8. The van der Waals surface area contributed by atoms with Crippen molar-refractivity contribution in [3.05, 3.63) is 76.7 Å². The molecule has 0 aliphatic carbocycles. The molecule has 1 atom stereocenters. The molecule has 32 heavy (non-hydrogen) atoms. The molecule has 1 aliphatic heterocycles. The lowest BCUT2D eigenvalue weighted by Gasteiger charge is -2.28. The molecule has 0 saturated heterocycles. The van der Waals surface area contributed by atoms with Crippen LogP contribution in [0, 0.1) is 5.82 Å². The molecule has 4 rings (SSSR count). The molecular formula is C23H23FN4O3S. The van der Waals surface area contributed by atoms with Crippen LogP contribution in [-0.2, 0) is 15.3 Å². The molecule has 1 aromatic heterocycles. The third-order valence-electron chi connectivity index (χ3n) is 5.02. The Morgan fingerprint density at radius 2 is 2.03 bits per heavy atom. The maximum absolute atomic E-state index is 13.5. The van der Waals surface area contributed by atoms with Gasteiger partial charge in [0, 0.05) is 11.4 Å². The quantitative estimate of drug-likeness (QED) is 0.414. The van der Waals surface area contributed by atoms with E-state index in [-0.39, 0.29) is 12.4 Å². The van der Waals surface area contributed by atoms with Crippen molar-refractivity contribution >= 4 is 23.7 Å².